The van der Waals surface area contributed by atoms with E-state index in [4.69, 9.17) is 5.73 Å². The van der Waals surface area contributed by atoms with Crippen LogP contribution in [-0.4, -0.2) is 10.9 Å². The van der Waals surface area contributed by atoms with E-state index < -0.39 is 6.10 Å². The van der Waals surface area contributed by atoms with Crippen molar-refractivity contribution in [3.8, 4) is 0 Å². The second-order valence-corrected chi connectivity index (χ2v) is 4.25. The zero-order chi connectivity index (χ0) is 13.1. The van der Waals surface area contributed by atoms with E-state index in [0.29, 0.717) is 16.8 Å². The first kappa shape index (κ1) is 12.3. The average Bonchev–Trinajstić information content (AvgIpc) is 2.41. The van der Waals surface area contributed by atoms with Gasteiger partial charge in [0, 0.05) is 11.3 Å². The van der Waals surface area contributed by atoms with Gasteiger partial charge in [-0.25, -0.2) is 0 Å². The number of nitrogen functional groups attached to an aromatic ring is 1. The van der Waals surface area contributed by atoms with Gasteiger partial charge in [0.05, 0.1) is 0 Å². The molecule has 0 aliphatic rings. The summed E-state index contributed by atoms with van der Waals surface area (Å²) in [4.78, 5) is 12.1. The summed E-state index contributed by atoms with van der Waals surface area (Å²) in [7, 11) is 0. The van der Waals surface area contributed by atoms with Crippen molar-refractivity contribution in [2.24, 2.45) is 0 Å². The standard InChI is InChI=1S/C15H15NO2/c1-10-7-8-12(9-13(10)16)15(18)14(17)11-5-3-2-4-6-11/h2-9,14,17H,16H2,1H3. The number of ketones is 1. The van der Waals surface area contributed by atoms with Gasteiger partial charge in [-0.1, -0.05) is 42.5 Å². The first-order valence-corrected chi connectivity index (χ1v) is 5.73. The van der Waals surface area contributed by atoms with Gasteiger partial charge >= 0.3 is 0 Å². The third-order valence-electron chi connectivity index (χ3n) is 2.93. The second-order valence-electron chi connectivity index (χ2n) is 4.25. The van der Waals surface area contributed by atoms with Crippen molar-refractivity contribution < 1.29 is 9.90 Å². The van der Waals surface area contributed by atoms with E-state index in [9.17, 15) is 9.90 Å². The van der Waals surface area contributed by atoms with Crippen LogP contribution in [0.4, 0.5) is 5.69 Å². The van der Waals surface area contributed by atoms with E-state index in [0.717, 1.165) is 5.56 Å². The minimum Gasteiger partial charge on any atom is -0.398 e. The topological polar surface area (TPSA) is 63.3 Å². The van der Waals surface area contributed by atoms with Crippen molar-refractivity contribution in [3.05, 3.63) is 65.2 Å². The normalized spacial score (nSPS) is 12.1. The number of rotatable bonds is 3. The van der Waals surface area contributed by atoms with Crippen LogP contribution < -0.4 is 5.73 Å². The van der Waals surface area contributed by atoms with Gasteiger partial charge in [-0.3, -0.25) is 4.79 Å². The molecule has 1 unspecified atom stereocenters. The number of hydrogen-bond donors (Lipinski definition) is 2. The Morgan fingerprint density at radius 2 is 1.83 bits per heavy atom. The van der Waals surface area contributed by atoms with Crippen molar-refractivity contribution in [1.29, 1.82) is 0 Å². The molecule has 0 spiro atoms. The molecule has 92 valence electrons. The summed E-state index contributed by atoms with van der Waals surface area (Å²) < 4.78 is 0. The van der Waals surface area contributed by atoms with Crippen LogP contribution in [0.25, 0.3) is 0 Å². The van der Waals surface area contributed by atoms with Gasteiger partial charge < -0.3 is 10.8 Å². The van der Waals surface area contributed by atoms with Crippen LogP contribution in [0.5, 0.6) is 0 Å². The molecule has 0 saturated heterocycles. The number of aryl methyl sites for hydroxylation is 1. The summed E-state index contributed by atoms with van der Waals surface area (Å²) in [6.07, 6.45) is -1.15. The Labute approximate surface area is 106 Å². The smallest absolute Gasteiger partial charge is 0.195 e. The number of nitrogens with two attached hydrogens (primary N) is 1. The molecule has 0 heterocycles. The Kier molecular flexibility index (Phi) is 3.44. The maximum Gasteiger partial charge on any atom is 0.195 e. The lowest BCUT2D eigenvalue weighted by Crippen LogP contribution is -2.12. The molecule has 0 amide bonds. The van der Waals surface area contributed by atoms with E-state index in [1.807, 2.05) is 13.0 Å². The molecule has 18 heavy (non-hydrogen) atoms. The molecule has 0 aromatic heterocycles. The molecule has 2 aromatic carbocycles. The van der Waals surface area contributed by atoms with Crippen LogP contribution in [0.15, 0.2) is 48.5 Å². The van der Waals surface area contributed by atoms with Gasteiger partial charge in [0.1, 0.15) is 6.10 Å². The fraction of sp³-hybridized carbons (Fsp3) is 0.133. The van der Waals surface area contributed by atoms with Gasteiger partial charge in [-0.05, 0) is 24.1 Å². The summed E-state index contributed by atoms with van der Waals surface area (Å²) in [6, 6.07) is 13.9. The molecular formula is C15H15NO2. The van der Waals surface area contributed by atoms with Crippen LogP contribution >= 0.6 is 0 Å². The quantitative estimate of drug-likeness (QED) is 0.641. The van der Waals surface area contributed by atoms with Crippen molar-refractivity contribution in [3.63, 3.8) is 0 Å². The van der Waals surface area contributed by atoms with Gasteiger partial charge in [0.2, 0.25) is 0 Å². The monoisotopic (exact) mass is 241 g/mol. The van der Waals surface area contributed by atoms with Gasteiger partial charge in [0.25, 0.3) is 0 Å². The predicted molar refractivity (Wildman–Crippen MR) is 71.3 cm³/mol. The van der Waals surface area contributed by atoms with Crippen molar-refractivity contribution in [2.75, 3.05) is 5.73 Å². The Morgan fingerprint density at radius 1 is 1.17 bits per heavy atom. The molecule has 2 aromatic rings. The number of anilines is 1. The fourth-order valence-electron chi connectivity index (χ4n) is 1.74. The van der Waals surface area contributed by atoms with Crippen LogP contribution in [0, 0.1) is 6.92 Å². The Morgan fingerprint density at radius 3 is 2.44 bits per heavy atom. The summed E-state index contributed by atoms with van der Waals surface area (Å²) in [5, 5.41) is 10.0. The number of hydrogen-bond acceptors (Lipinski definition) is 3. The Balaban J connectivity index is 2.29. The first-order chi connectivity index (χ1) is 8.59. The zero-order valence-electron chi connectivity index (χ0n) is 10.1. The molecule has 1 atom stereocenters. The number of aliphatic hydroxyl groups excluding tert-OH is 1. The van der Waals surface area contributed by atoms with E-state index in [1.54, 1.807) is 42.5 Å². The molecular weight excluding hydrogens is 226 g/mol. The molecule has 0 fully saturated rings. The molecule has 3 nitrogen and oxygen atoms in total. The number of carbonyl (C=O) groups is 1. The molecule has 3 N–H and O–H groups in total. The number of aliphatic hydroxyl groups is 1. The van der Waals surface area contributed by atoms with Crippen molar-refractivity contribution in [2.45, 2.75) is 13.0 Å². The maximum absolute atomic E-state index is 12.1. The van der Waals surface area contributed by atoms with Crippen LogP contribution in [-0.2, 0) is 0 Å². The largest absolute Gasteiger partial charge is 0.398 e. The number of carbonyl (C=O) groups excluding carboxylic acids is 1. The Hall–Kier alpha value is -2.13. The summed E-state index contributed by atoms with van der Waals surface area (Å²) in [5.74, 6) is -0.340. The second kappa shape index (κ2) is 5.02. The van der Waals surface area contributed by atoms with Crippen LogP contribution in [0.3, 0.4) is 0 Å². The van der Waals surface area contributed by atoms with Gasteiger partial charge in [-0.15, -0.1) is 0 Å². The predicted octanol–water partition coefficient (Wildman–Crippen LogP) is 2.49. The molecule has 0 aliphatic carbocycles. The SMILES string of the molecule is Cc1ccc(C(=O)C(O)c2ccccc2)cc1N. The van der Waals surface area contributed by atoms with Crippen LogP contribution in [0.2, 0.25) is 0 Å². The number of Topliss-reactive ketones (excluding diaryl/α,β-unsaturated/α-hetero) is 1. The number of benzene rings is 2. The molecule has 0 bridgehead atoms. The zero-order valence-corrected chi connectivity index (χ0v) is 10.1. The lowest BCUT2D eigenvalue weighted by Gasteiger charge is -2.11. The highest BCUT2D eigenvalue weighted by Crippen LogP contribution is 2.20. The summed E-state index contributed by atoms with van der Waals surface area (Å²) in [5.41, 5.74) is 8.25. The highest BCUT2D eigenvalue weighted by Gasteiger charge is 2.19. The average molecular weight is 241 g/mol. The maximum atomic E-state index is 12.1. The highest BCUT2D eigenvalue weighted by atomic mass is 16.3. The third-order valence-corrected chi connectivity index (χ3v) is 2.93. The molecule has 0 radical (unpaired) electrons. The van der Waals surface area contributed by atoms with Crippen molar-refractivity contribution >= 4 is 11.5 Å². The Bertz CT molecular complexity index is 564. The molecule has 0 aliphatic heterocycles. The lowest BCUT2D eigenvalue weighted by atomic mass is 9.98. The van der Waals surface area contributed by atoms with Crippen LogP contribution in [0.1, 0.15) is 27.6 Å². The van der Waals surface area contributed by atoms with E-state index >= 15 is 0 Å². The van der Waals surface area contributed by atoms with Crippen molar-refractivity contribution in [1.82, 2.24) is 0 Å². The highest BCUT2D eigenvalue weighted by molar-refractivity contribution is 6.00. The molecule has 3 heteroatoms. The van der Waals surface area contributed by atoms with E-state index in [1.165, 1.54) is 0 Å². The van der Waals surface area contributed by atoms with Gasteiger partial charge in [0.15, 0.2) is 5.78 Å². The lowest BCUT2D eigenvalue weighted by molar-refractivity contribution is 0.0747. The van der Waals surface area contributed by atoms with Gasteiger partial charge in [-0.2, -0.15) is 0 Å². The fourth-order valence-corrected chi connectivity index (χ4v) is 1.74. The summed E-state index contributed by atoms with van der Waals surface area (Å²) in [6.45, 7) is 1.87. The third kappa shape index (κ3) is 2.41. The minimum atomic E-state index is -1.15. The van der Waals surface area contributed by atoms with E-state index in [2.05, 4.69) is 0 Å². The molecule has 2 rings (SSSR count). The first-order valence-electron chi connectivity index (χ1n) is 5.73. The molecule has 0 saturated carbocycles. The van der Waals surface area contributed by atoms with E-state index in [-0.39, 0.29) is 5.78 Å². The minimum absolute atomic E-state index is 0.340. The summed E-state index contributed by atoms with van der Waals surface area (Å²) >= 11 is 0.